The summed E-state index contributed by atoms with van der Waals surface area (Å²) in [4.78, 5) is 67.3. The van der Waals surface area contributed by atoms with Gasteiger partial charge in [0.25, 0.3) is 0 Å². The number of ketones is 1. The van der Waals surface area contributed by atoms with Crippen LogP contribution in [0, 0.1) is 0 Å². The molecule has 0 bridgehead atoms. The van der Waals surface area contributed by atoms with Gasteiger partial charge in [0.05, 0.1) is 10.0 Å². The maximum atomic E-state index is 14.1. The van der Waals surface area contributed by atoms with E-state index in [9.17, 15) is 24.0 Å². The number of alkyl carbamates (subject to hydrolysis) is 1. The lowest BCUT2D eigenvalue weighted by Crippen LogP contribution is -2.62. The first kappa shape index (κ1) is 36.4. The van der Waals surface area contributed by atoms with Gasteiger partial charge < -0.3 is 30.4 Å². The number of hydrogen-bond acceptors (Lipinski definition) is 7. The van der Waals surface area contributed by atoms with Crippen LogP contribution in [0.3, 0.4) is 0 Å². The molecule has 0 aromatic heterocycles. The Kier molecular flexibility index (Phi) is 12.2. The van der Waals surface area contributed by atoms with Crippen molar-refractivity contribution in [2.75, 3.05) is 18.4 Å². The minimum Gasteiger partial charge on any atom is -0.444 e. The van der Waals surface area contributed by atoms with Crippen LogP contribution in [0.2, 0.25) is 10.0 Å². The summed E-state index contributed by atoms with van der Waals surface area (Å²) in [5, 5.41) is 9.33. The number of Topliss-reactive ketones (excluding diaryl/α,β-unsaturated/α-hetero) is 1. The van der Waals surface area contributed by atoms with Gasteiger partial charge >= 0.3 is 6.09 Å². The van der Waals surface area contributed by atoms with E-state index >= 15 is 0 Å². The van der Waals surface area contributed by atoms with Gasteiger partial charge in [0.2, 0.25) is 11.8 Å². The van der Waals surface area contributed by atoms with Crippen LogP contribution < -0.4 is 16.0 Å². The number of hydrogen-bond donors (Lipinski definition) is 3. The van der Waals surface area contributed by atoms with Crippen LogP contribution in [0.4, 0.5) is 10.5 Å². The number of amides is 3. The predicted octanol–water partition coefficient (Wildman–Crippen LogP) is 5.99. The molecule has 254 valence electrons. The Morgan fingerprint density at radius 2 is 1.60 bits per heavy atom. The van der Waals surface area contributed by atoms with Crippen molar-refractivity contribution in [1.29, 1.82) is 0 Å². The van der Waals surface area contributed by atoms with Crippen LogP contribution in [0.1, 0.15) is 61.5 Å². The first-order valence-electron chi connectivity index (χ1n) is 15.7. The molecule has 1 aliphatic rings. The molecule has 3 N–H and O–H groups in total. The summed E-state index contributed by atoms with van der Waals surface area (Å²) in [6, 6.07) is 20.2. The molecule has 3 aromatic carbocycles. The minimum absolute atomic E-state index is 0.00135. The smallest absolute Gasteiger partial charge is 0.407 e. The Morgan fingerprint density at radius 3 is 2.27 bits per heavy atom. The molecule has 0 radical (unpaired) electrons. The summed E-state index contributed by atoms with van der Waals surface area (Å²) >= 11 is 12.3. The van der Waals surface area contributed by atoms with E-state index in [0.717, 1.165) is 11.1 Å². The first-order chi connectivity index (χ1) is 22.8. The normalized spacial score (nSPS) is 15.4. The van der Waals surface area contributed by atoms with Crippen LogP contribution in [0.25, 0.3) is 0 Å². The molecule has 10 nitrogen and oxygen atoms in total. The summed E-state index contributed by atoms with van der Waals surface area (Å²) in [5.41, 5.74) is 0.611. The molecule has 12 heteroatoms. The number of halogens is 2. The Balaban J connectivity index is 1.55. The number of ether oxygens (including phenoxy) is 1. The van der Waals surface area contributed by atoms with Crippen LogP contribution in [0.15, 0.2) is 72.8 Å². The van der Waals surface area contributed by atoms with Crippen molar-refractivity contribution in [3.8, 4) is 0 Å². The summed E-state index contributed by atoms with van der Waals surface area (Å²) in [6.45, 7) is 5.29. The molecule has 0 saturated carbocycles. The zero-order valence-corrected chi connectivity index (χ0v) is 28.7. The maximum Gasteiger partial charge on any atom is 0.407 e. The number of carbonyl (C=O) groups is 5. The Labute approximate surface area is 290 Å². The van der Waals surface area contributed by atoms with Crippen molar-refractivity contribution in [3.05, 3.63) is 99.5 Å². The van der Waals surface area contributed by atoms with Crippen LogP contribution in [-0.4, -0.2) is 65.1 Å². The number of benzene rings is 3. The van der Waals surface area contributed by atoms with E-state index in [0.29, 0.717) is 27.6 Å². The fraction of sp³-hybridized carbons (Fsp3) is 0.361. The molecular formula is C36H40Cl2N4O6. The SMILES string of the molecule is CC(C)(C)OC(=O)NCC[C@](C=O)(CNc1ccc(Cl)c(Cl)c1)NC(=O)C1Cc2ccccc2CN1C(=O)CCC(=O)c1ccccc1. The lowest BCUT2D eigenvalue weighted by molar-refractivity contribution is -0.143. The summed E-state index contributed by atoms with van der Waals surface area (Å²) in [5.74, 6) is -1.08. The molecule has 1 aliphatic heterocycles. The summed E-state index contributed by atoms with van der Waals surface area (Å²) in [6.07, 6.45) is 0.0592. The topological polar surface area (TPSA) is 134 Å². The van der Waals surface area contributed by atoms with E-state index in [1.165, 1.54) is 4.90 Å². The minimum atomic E-state index is -1.52. The van der Waals surface area contributed by atoms with E-state index in [2.05, 4.69) is 16.0 Å². The highest BCUT2D eigenvalue weighted by Crippen LogP contribution is 2.27. The second-order valence-electron chi connectivity index (χ2n) is 12.7. The van der Waals surface area contributed by atoms with Crippen molar-refractivity contribution >= 4 is 58.9 Å². The van der Waals surface area contributed by atoms with Crippen LogP contribution >= 0.6 is 23.2 Å². The first-order valence-corrected chi connectivity index (χ1v) is 16.4. The highest BCUT2D eigenvalue weighted by atomic mass is 35.5. The number of rotatable bonds is 13. The van der Waals surface area contributed by atoms with Gasteiger partial charge in [-0.3, -0.25) is 14.4 Å². The second-order valence-corrected chi connectivity index (χ2v) is 13.5. The quantitative estimate of drug-likeness (QED) is 0.148. The standard InChI is InChI=1S/C36H40Cl2N4O6/c1-35(2,3)48-34(47)39-18-17-36(23-43,22-40-27-13-14-28(37)29(38)20-27)41-33(46)30-19-25-11-7-8-12-26(25)21-42(30)32(45)16-15-31(44)24-9-5-4-6-10-24/h4-14,20,23,30,40H,15-19,21-22H2,1-3H3,(H,39,47)(H,41,46)/t30?,36-/m1/s1. The van der Waals surface area contributed by atoms with E-state index in [-0.39, 0.29) is 57.0 Å². The predicted molar refractivity (Wildman–Crippen MR) is 185 cm³/mol. The summed E-state index contributed by atoms with van der Waals surface area (Å²) < 4.78 is 5.32. The Hall–Kier alpha value is -4.41. The molecule has 0 aliphatic carbocycles. The largest absolute Gasteiger partial charge is 0.444 e. The third-order valence-electron chi connectivity index (χ3n) is 7.90. The van der Waals surface area contributed by atoms with Gasteiger partial charge in [0, 0.05) is 50.1 Å². The molecule has 0 fully saturated rings. The molecule has 2 atom stereocenters. The molecule has 3 aromatic rings. The molecular weight excluding hydrogens is 655 g/mol. The zero-order chi connectivity index (χ0) is 34.9. The van der Waals surface area contributed by atoms with Crippen molar-refractivity contribution in [2.45, 2.75) is 70.2 Å². The molecule has 4 rings (SSSR count). The third kappa shape index (κ3) is 10.0. The van der Waals surface area contributed by atoms with Gasteiger partial charge in [-0.2, -0.15) is 0 Å². The fourth-order valence-electron chi connectivity index (χ4n) is 5.37. The lowest BCUT2D eigenvalue weighted by atomic mass is 9.91. The Bertz CT molecular complexity index is 1640. The zero-order valence-electron chi connectivity index (χ0n) is 27.2. The molecule has 3 amide bonds. The highest BCUT2D eigenvalue weighted by Gasteiger charge is 2.39. The van der Waals surface area contributed by atoms with Crippen molar-refractivity contribution < 1.29 is 28.7 Å². The highest BCUT2D eigenvalue weighted by molar-refractivity contribution is 6.42. The number of fused-ring (bicyclic) bond motifs is 1. The third-order valence-corrected chi connectivity index (χ3v) is 8.64. The van der Waals surface area contributed by atoms with Crippen LogP contribution in [-0.2, 0) is 32.1 Å². The molecule has 0 spiro atoms. The van der Waals surface area contributed by atoms with E-state index < -0.39 is 29.2 Å². The number of nitrogens with zero attached hydrogens (tertiary/aromatic N) is 1. The van der Waals surface area contributed by atoms with Gasteiger partial charge in [-0.1, -0.05) is 77.8 Å². The molecule has 48 heavy (non-hydrogen) atoms. The van der Waals surface area contributed by atoms with Crippen LogP contribution in [0.5, 0.6) is 0 Å². The van der Waals surface area contributed by atoms with Gasteiger partial charge in [0.15, 0.2) is 5.78 Å². The number of aldehydes is 1. The van der Waals surface area contributed by atoms with Gasteiger partial charge in [-0.05, 0) is 56.5 Å². The van der Waals surface area contributed by atoms with Gasteiger partial charge in [-0.25, -0.2) is 4.79 Å². The van der Waals surface area contributed by atoms with Gasteiger partial charge in [-0.15, -0.1) is 0 Å². The van der Waals surface area contributed by atoms with Gasteiger partial charge in [0.1, 0.15) is 23.5 Å². The van der Waals surface area contributed by atoms with Crippen molar-refractivity contribution in [1.82, 2.24) is 15.5 Å². The monoisotopic (exact) mass is 694 g/mol. The average Bonchev–Trinajstić information content (AvgIpc) is 3.06. The van der Waals surface area contributed by atoms with Crippen molar-refractivity contribution in [2.24, 2.45) is 0 Å². The van der Waals surface area contributed by atoms with E-state index in [4.69, 9.17) is 27.9 Å². The number of nitrogens with one attached hydrogen (secondary N) is 3. The lowest BCUT2D eigenvalue weighted by Gasteiger charge is -2.39. The second kappa shape index (κ2) is 16.1. The average molecular weight is 696 g/mol. The fourth-order valence-corrected chi connectivity index (χ4v) is 5.67. The molecule has 1 unspecified atom stereocenters. The van der Waals surface area contributed by atoms with E-state index in [1.807, 2.05) is 30.3 Å². The number of carbonyl (C=O) groups excluding carboxylic acids is 5. The Morgan fingerprint density at radius 1 is 0.917 bits per heavy atom. The number of anilines is 1. The molecule has 0 saturated heterocycles. The maximum absolute atomic E-state index is 14.1. The molecule has 1 heterocycles. The summed E-state index contributed by atoms with van der Waals surface area (Å²) in [7, 11) is 0. The van der Waals surface area contributed by atoms with E-state index in [1.54, 1.807) is 63.2 Å². The van der Waals surface area contributed by atoms with Crippen molar-refractivity contribution in [3.63, 3.8) is 0 Å².